The van der Waals surface area contributed by atoms with Gasteiger partial charge in [-0.3, -0.25) is 4.98 Å². The first-order chi connectivity index (χ1) is 9.29. The van der Waals surface area contributed by atoms with Crippen molar-refractivity contribution in [1.82, 2.24) is 10.3 Å². The van der Waals surface area contributed by atoms with E-state index in [1.54, 1.807) is 6.20 Å². The molecule has 0 aliphatic heterocycles. The number of nitrogens with one attached hydrogen (secondary N) is 1. The molecule has 19 heavy (non-hydrogen) atoms. The Kier molecular flexibility index (Phi) is 5.61. The average Bonchev–Trinajstić information content (AvgIpc) is 2.44. The molecule has 2 atom stereocenters. The average molecular weight is 264 g/mol. The molecule has 0 amide bonds. The van der Waals surface area contributed by atoms with Crippen molar-refractivity contribution in [2.45, 2.75) is 57.8 Å². The fraction of sp³-hybridized carbons (Fsp3) is 0.667. The Hall–Kier alpha value is -1.13. The van der Waals surface area contributed by atoms with E-state index >= 15 is 0 Å². The number of aliphatic hydroxyl groups is 1. The van der Waals surface area contributed by atoms with Gasteiger partial charge in [0.15, 0.2) is 0 Å². The molecule has 2 unspecified atom stereocenters. The van der Waals surface area contributed by atoms with Crippen LogP contribution in [0, 0.1) is 0 Å². The van der Waals surface area contributed by atoms with Crippen LogP contribution in [-0.2, 0) is 6.54 Å². The molecule has 0 bridgehead atoms. The standard InChI is InChI=1S/C15H24N2O2/c1-2-9-16-10-12-7-8-13(11-17-12)19-15-6-4-3-5-14(15)18/h7-8,11,14-16,18H,2-6,9-10H2,1H3. The summed E-state index contributed by atoms with van der Waals surface area (Å²) in [5.74, 6) is 0.755. The number of ether oxygens (including phenoxy) is 1. The topological polar surface area (TPSA) is 54.4 Å². The van der Waals surface area contributed by atoms with Crippen LogP contribution >= 0.6 is 0 Å². The fourth-order valence-electron chi connectivity index (χ4n) is 2.37. The second-order valence-electron chi connectivity index (χ2n) is 5.17. The molecule has 106 valence electrons. The molecule has 1 aromatic rings. The van der Waals surface area contributed by atoms with Crippen LogP contribution in [0.15, 0.2) is 18.3 Å². The van der Waals surface area contributed by atoms with E-state index in [0.29, 0.717) is 0 Å². The molecule has 2 N–H and O–H groups in total. The highest BCUT2D eigenvalue weighted by Gasteiger charge is 2.24. The molecule has 2 rings (SSSR count). The quantitative estimate of drug-likeness (QED) is 0.774. The van der Waals surface area contributed by atoms with Crippen LogP contribution in [0.3, 0.4) is 0 Å². The lowest BCUT2D eigenvalue weighted by molar-refractivity contribution is 0.00668. The minimum absolute atomic E-state index is 0.0698. The van der Waals surface area contributed by atoms with Crippen molar-refractivity contribution in [2.24, 2.45) is 0 Å². The number of rotatable bonds is 6. The van der Waals surface area contributed by atoms with Gasteiger partial charge in [-0.1, -0.05) is 13.3 Å². The van der Waals surface area contributed by atoms with Crippen LogP contribution in [0.25, 0.3) is 0 Å². The molecule has 0 saturated heterocycles. The summed E-state index contributed by atoms with van der Waals surface area (Å²) in [5, 5.41) is 13.2. The number of pyridine rings is 1. The smallest absolute Gasteiger partial charge is 0.138 e. The van der Waals surface area contributed by atoms with Crippen molar-refractivity contribution in [2.75, 3.05) is 6.54 Å². The number of aliphatic hydroxyl groups excluding tert-OH is 1. The van der Waals surface area contributed by atoms with Gasteiger partial charge in [0.1, 0.15) is 11.9 Å². The van der Waals surface area contributed by atoms with E-state index in [1.165, 1.54) is 0 Å². The molecule has 0 spiro atoms. The molecular weight excluding hydrogens is 240 g/mol. The van der Waals surface area contributed by atoms with Gasteiger partial charge in [-0.15, -0.1) is 0 Å². The van der Waals surface area contributed by atoms with E-state index in [-0.39, 0.29) is 12.2 Å². The van der Waals surface area contributed by atoms with Crippen molar-refractivity contribution in [1.29, 1.82) is 0 Å². The third kappa shape index (κ3) is 4.48. The van der Waals surface area contributed by atoms with Gasteiger partial charge >= 0.3 is 0 Å². The molecular formula is C15H24N2O2. The maximum atomic E-state index is 9.87. The van der Waals surface area contributed by atoms with Gasteiger partial charge in [0, 0.05) is 6.54 Å². The van der Waals surface area contributed by atoms with E-state index in [1.807, 2.05) is 12.1 Å². The second kappa shape index (κ2) is 7.46. The van der Waals surface area contributed by atoms with Gasteiger partial charge in [-0.05, 0) is 44.4 Å². The summed E-state index contributed by atoms with van der Waals surface area (Å²) in [5.41, 5.74) is 1.02. The zero-order valence-electron chi connectivity index (χ0n) is 11.6. The molecule has 1 aliphatic rings. The Morgan fingerprint density at radius 3 is 2.89 bits per heavy atom. The summed E-state index contributed by atoms with van der Waals surface area (Å²) in [7, 11) is 0. The third-order valence-electron chi connectivity index (χ3n) is 3.49. The highest BCUT2D eigenvalue weighted by atomic mass is 16.5. The van der Waals surface area contributed by atoms with E-state index in [9.17, 15) is 5.11 Å². The van der Waals surface area contributed by atoms with Crippen LogP contribution in [0.4, 0.5) is 0 Å². The molecule has 4 heteroatoms. The SMILES string of the molecule is CCCNCc1ccc(OC2CCCCC2O)cn1. The maximum absolute atomic E-state index is 9.87. The van der Waals surface area contributed by atoms with E-state index in [2.05, 4.69) is 17.2 Å². The maximum Gasteiger partial charge on any atom is 0.138 e. The summed E-state index contributed by atoms with van der Waals surface area (Å²) >= 11 is 0. The minimum Gasteiger partial charge on any atom is -0.486 e. The van der Waals surface area contributed by atoms with Crippen LogP contribution in [0.1, 0.15) is 44.7 Å². The molecule has 1 saturated carbocycles. The monoisotopic (exact) mass is 264 g/mol. The van der Waals surface area contributed by atoms with E-state index in [4.69, 9.17) is 4.74 Å². The molecule has 1 aromatic heterocycles. The van der Waals surface area contributed by atoms with Crippen LogP contribution < -0.4 is 10.1 Å². The minimum atomic E-state index is -0.334. The van der Waals surface area contributed by atoms with Crippen LogP contribution in [0.5, 0.6) is 5.75 Å². The normalized spacial score (nSPS) is 23.3. The summed E-state index contributed by atoms with van der Waals surface area (Å²) in [4.78, 5) is 4.37. The van der Waals surface area contributed by atoms with E-state index < -0.39 is 0 Å². The van der Waals surface area contributed by atoms with Gasteiger partial charge in [0.25, 0.3) is 0 Å². The van der Waals surface area contributed by atoms with Crippen molar-refractivity contribution in [3.05, 3.63) is 24.0 Å². The lowest BCUT2D eigenvalue weighted by Gasteiger charge is -2.28. The Labute approximate surface area is 115 Å². The van der Waals surface area contributed by atoms with Crippen LogP contribution in [0.2, 0.25) is 0 Å². The molecule has 0 aromatic carbocycles. The third-order valence-corrected chi connectivity index (χ3v) is 3.49. The molecule has 1 aliphatic carbocycles. The van der Waals surface area contributed by atoms with Gasteiger partial charge in [0.2, 0.25) is 0 Å². The number of nitrogens with zero attached hydrogens (tertiary/aromatic N) is 1. The number of hydrogen-bond donors (Lipinski definition) is 2. The van der Waals surface area contributed by atoms with Crippen molar-refractivity contribution in [3.63, 3.8) is 0 Å². The summed E-state index contributed by atoms with van der Waals surface area (Å²) in [6, 6.07) is 3.92. The first-order valence-electron chi connectivity index (χ1n) is 7.30. The van der Waals surface area contributed by atoms with Crippen molar-refractivity contribution < 1.29 is 9.84 Å². The van der Waals surface area contributed by atoms with Crippen LogP contribution in [-0.4, -0.2) is 28.8 Å². The van der Waals surface area contributed by atoms with Crippen molar-refractivity contribution >= 4 is 0 Å². The van der Waals surface area contributed by atoms with E-state index in [0.717, 1.165) is 56.6 Å². The Balaban J connectivity index is 1.84. The lowest BCUT2D eigenvalue weighted by Crippen LogP contribution is -2.34. The molecule has 1 heterocycles. The molecule has 0 radical (unpaired) electrons. The largest absolute Gasteiger partial charge is 0.486 e. The fourth-order valence-corrected chi connectivity index (χ4v) is 2.37. The molecule has 1 fully saturated rings. The number of hydrogen-bond acceptors (Lipinski definition) is 4. The first-order valence-corrected chi connectivity index (χ1v) is 7.30. The predicted octanol–water partition coefficient (Wildman–Crippen LogP) is 2.26. The van der Waals surface area contributed by atoms with Gasteiger partial charge in [-0.25, -0.2) is 0 Å². The zero-order valence-corrected chi connectivity index (χ0v) is 11.6. The van der Waals surface area contributed by atoms with Gasteiger partial charge in [-0.2, -0.15) is 0 Å². The summed E-state index contributed by atoms with van der Waals surface area (Å²) in [6.07, 6.45) is 6.48. The van der Waals surface area contributed by atoms with Gasteiger partial charge in [0.05, 0.1) is 18.0 Å². The summed E-state index contributed by atoms with van der Waals surface area (Å²) in [6.45, 7) is 3.95. The molecule has 4 nitrogen and oxygen atoms in total. The Morgan fingerprint density at radius 2 is 2.21 bits per heavy atom. The first kappa shape index (κ1) is 14.3. The second-order valence-corrected chi connectivity index (χ2v) is 5.17. The highest BCUT2D eigenvalue weighted by Crippen LogP contribution is 2.23. The predicted molar refractivity (Wildman–Crippen MR) is 75.1 cm³/mol. The highest BCUT2D eigenvalue weighted by molar-refractivity contribution is 5.20. The lowest BCUT2D eigenvalue weighted by atomic mass is 9.95. The zero-order chi connectivity index (χ0) is 13.5. The Bertz CT molecular complexity index is 367. The van der Waals surface area contributed by atoms with Gasteiger partial charge < -0.3 is 15.2 Å². The summed E-state index contributed by atoms with van der Waals surface area (Å²) < 4.78 is 5.82. The number of aromatic nitrogens is 1. The Morgan fingerprint density at radius 1 is 1.37 bits per heavy atom. The van der Waals surface area contributed by atoms with Crippen molar-refractivity contribution in [3.8, 4) is 5.75 Å².